The Balaban J connectivity index is 2.17. The molecule has 0 saturated heterocycles. The zero-order chi connectivity index (χ0) is 14.0. The molecule has 0 aliphatic carbocycles. The van der Waals surface area contributed by atoms with Crippen LogP contribution >= 0.6 is 15.9 Å². The second-order valence-electron chi connectivity index (χ2n) is 4.50. The molecule has 0 bridgehead atoms. The molecule has 0 saturated carbocycles. The molecule has 1 N–H and O–H groups in total. The van der Waals surface area contributed by atoms with Gasteiger partial charge in [-0.15, -0.1) is 0 Å². The largest absolute Gasteiger partial charge is 0.388 e. The van der Waals surface area contributed by atoms with Crippen LogP contribution in [0.25, 0.3) is 0 Å². The van der Waals surface area contributed by atoms with Gasteiger partial charge in [0, 0.05) is 19.2 Å². The number of hydrogen-bond acceptors (Lipinski definition) is 2. The lowest BCUT2D eigenvalue weighted by atomic mass is 10.0. The van der Waals surface area contributed by atoms with E-state index in [0.29, 0.717) is 16.5 Å². The van der Waals surface area contributed by atoms with Crippen LogP contribution in [-0.2, 0) is 19.9 Å². The normalized spacial score (nSPS) is 12.7. The van der Waals surface area contributed by atoms with Crippen LogP contribution in [0.15, 0.2) is 28.7 Å². The van der Waals surface area contributed by atoms with Gasteiger partial charge in [0.15, 0.2) is 0 Å². The van der Waals surface area contributed by atoms with E-state index in [0.717, 1.165) is 17.8 Å². The van der Waals surface area contributed by atoms with Crippen LogP contribution in [0.5, 0.6) is 0 Å². The van der Waals surface area contributed by atoms with E-state index in [1.54, 1.807) is 16.8 Å². The Morgan fingerprint density at radius 3 is 2.74 bits per heavy atom. The van der Waals surface area contributed by atoms with E-state index < -0.39 is 6.10 Å². The number of hydrogen-bond donors (Lipinski definition) is 1. The number of aryl methyl sites for hydroxylation is 2. The summed E-state index contributed by atoms with van der Waals surface area (Å²) in [6, 6.07) is 6.55. The van der Waals surface area contributed by atoms with Gasteiger partial charge in [-0.2, -0.15) is 5.10 Å². The molecule has 1 heterocycles. The highest BCUT2D eigenvalue weighted by molar-refractivity contribution is 9.10. The number of halogens is 2. The number of aliphatic hydroxyl groups excluding tert-OH is 1. The summed E-state index contributed by atoms with van der Waals surface area (Å²) in [6.45, 7) is 2.04. The van der Waals surface area contributed by atoms with Crippen molar-refractivity contribution in [2.24, 2.45) is 7.05 Å². The number of nitrogens with zero attached hydrogens (tertiary/aromatic N) is 2. The molecular formula is C14H16BrFN2O. The van der Waals surface area contributed by atoms with Crippen LogP contribution in [0.2, 0.25) is 0 Å². The minimum atomic E-state index is -0.669. The van der Waals surface area contributed by atoms with Crippen molar-refractivity contribution in [2.75, 3.05) is 0 Å². The summed E-state index contributed by atoms with van der Waals surface area (Å²) in [5, 5.41) is 14.6. The highest BCUT2D eigenvalue weighted by Crippen LogP contribution is 2.24. The van der Waals surface area contributed by atoms with Crippen LogP contribution < -0.4 is 0 Å². The Morgan fingerprint density at radius 2 is 2.16 bits per heavy atom. The molecule has 1 unspecified atom stereocenters. The molecule has 5 heteroatoms. The van der Waals surface area contributed by atoms with Crippen LogP contribution in [0.3, 0.4) is 0 Å². The highest BCUT2D eigenvalue weighted by atomic mass is 79.9. The third kappa shape index (κ3) is 3.22. The number of aromatic nitrogens is 2. The fourth-order valence-corrected chi connectivity index (χ4v) is 2.37. The molecule has 0 aliphatic rings. The van der Waals surface area contributed by atoms with Crippen LogP contribution in [-0.4, -0.2) is 14.9 Å². The van der Waals surface area contributed by atoms with E-state index in [9.17, 15) is 9.50 Å². The molecule has 1 aromatic carbocycles. The quantitative estimate of drug-likeness (QED) is 0.937. The molecule has 0 amide bonds. The summed E-state index contributed by atoms with van der Waals surface area (Å²) in [5.74, 6) is -0.329. The van der Waals surface area contributed by atoms with Gasteiger partial charge in [-0.25, -0.2) is 4.39 Å². The van der Waals surface area contributed by atoms with Gasteiger partial charge in [-0.1, -0.05) is 13.0 Å². The summed E-state index contributed by atoms with van der Waals surface area (Å²) in [5.41, 5.74) is 2.65. The van der Waals surface area contributed by atoms with Crippen molar-refractivity contribution in [3.05, 3.63) is 51.5 Å². The molecule has 102 valence electrons. The second-order valence-corrected chi connectivity index (χ2v) is 5.35. The van der Waals surface area contributed by atoms with Gasteiger partial charge in [0.05, 0.1) is 16.3 Å². The van der Waals surface area contributed by atoms with Crippen LogP contribution in [0, 0.1) is 5.82 Å². The second kappa shape index (κ2) is 5.84. The van der Waals surface area contributed by atoms with Crippen molar-refractivity contribution in [3.63, 3.8) is 0 Å². The molecule has 0 radical (unpaired) electrons. The molecule has 3 nitrogen and oxygen atoms in total. The maximum Gasteiger partial charge on any atom is 0.137 e. The topological polar surface area (TPSA) is 38.0 Å². The van der Waals surface area contributed by atoms with E-state index in [2.05, 4.69) is 21.0 Å². The molecule has 1 aromatic heterocycles. The van der Waals surface area contributed by atoms with Gasteiger partial charge >= 0.3 is 0 Å². The van der Waals surface area contributed by atoms with Gasteiger partial charge in [0.2, 0.25) is 0 Å². The predicted molar refractivity (Wildman–Crippen MR) is 75.3 cm³/mol. The maximum absolute atomic E-state index is 13.2. The summed E-state index contributed by atoms with van der Waals surface area (Å²) in [7, 11) is 1.86. The summed E-state index contributed by atoms with van der Waals surface area (Å²) in [6.07, 6.45) is 0.658. The van der Waals surface area contributed by atoms with Gasteiger partial charge < -0.3 is 5.11 Å². The Hall–Kier alpha value is -1.20. The molecule has 19 heavy (non-hydrogen) atoms. The van der Waals surface area contributed by atoms with E-state index in [-0.39, 0.29) is 5.82 Å². The maximum atomic E-state index is 13.2. The molecule has 0 fully saturated rings. The monoisotopic (exact) mass is 326 g/mol. The molecule has 2 rings (SSSR count). The molecule has 1 atom stereocenters. The molecular weight excluding hydrogens is 311 g/mol. The van der Waals surface area contributed by atoms with Crippen LogP contribution in [0.1, 0.15) is 30.0 Å². The van der Waals surface area contributed by atoms with Gasteiger partial charge in [-0.3, -0.25) is 4.68 Å². The highest BCUT2D eigenvalue weighted by Gasteiger charge is 2.13. The van der Waals surface area contributed by atoms with Crippen molar-refractivity contribution in [1.82, 2.24) is 9.78 Å². The minimum absolute atomic E-state index is 0.329. The van der Waals surface area contributed by atoms with E-state index in [1.165, 1.54) is 6.07 Å². The average molecular weight is 327 g/mol. The van der Waals surface area contributed by atoms with Gasteiger partial charge in [-0.05, 0) is 46.1 Å². The lowest BCUT2D eigenvalue weighted by molar-refractivity contribution is 0.175. The zero-order valence-corrected chi connectivity index (χ0v) is 12.5. The first-order valence-electron chi connectivity index (χ1n) is 6.16. The Labute approximate surface area is 120 Å². The average Bonchev–Trinajstić information content (AvgIpc) is 2.73. The van der Waals surface area contributed by atoms with Crippen molar-refractivity contribution < 1.29 is 9.50 Å². The Kier molecular flexibility index (Phi) is 4.37. The van der Waals surface area contributed by atoms with Crippen molar-refractivity contribution in [2.45, 2.75) is 25.9 Å². The summed E-state index contributed by atoms with van der Waals surface area (Å²) in [4.78, 5) is 0. The molecule has 0 spiro atoms. The van der Waals surface area contributed by atoms with Crippen molar-refractivity contribution >= 4 is 15.9 Å². The fraction of sp³-hybridized carbons (Fsp3) is 0.357. The van der Waals surface area contributed by atoms with E-state index in [1.807, 2.05) is 20.0 Å². The lowest BCUT2D eigenvalue weighted by Gasteiger charge is -2.11. The van der Waals surface area contributed by atoms with Crippen LogP contribution in [0.4, 0.5) is 4.39 Å². The number of benzene rings is 1. The third-order valence-corrected chi connectivity index (χ3v) is 3.73. The lowest BCUT2D eigenvalue weighted by Crippen LogP contribution is -2.06. The van der Waals surface area contributed by atoms with E-state index in [4.69, 9.17) is 0 Å². The first kappa shape index (κ1) is 14.2. The standard InChI is InChI=1S/C14H16BrFN2O/c1-3-10-7-11(18(2)17-10)8-14(19)9-4-5-13(16)12(15)6-9/h4-7,14,19H,3,8H2,1-2H3. The fourth-order valence-electron chi connectivity index (χ4n) is 1.97. The third-order valence-electron chi connectivity index (χ3n) is 3.12. The van der Waals surface area contributed by atoms with Crippen molar-refractivity contribution in [3.8, 4) is 0 Å². The Bertz CT molecular complexity index is 583. The number of rotatable bonds is 4. The molecule has 0 aliphatic heterocycles. The number of aliphatic hydroxyl groups is 1. The van der Waals surface area contributed by atoms with Crippen molar-refractivity contribution in [1.29, 1.82) is 0 Å². The zero-order valence-electron chi connectivity index (χ0n) is 10.9. The predicted octanol–water partition coefficient (Wildman–Crippen LogP) is 3.16. The van der Waals surface area contributed by atoms with Gasteiger partial charge in [0.1, 0.15) is 5.82 Å². The van der Waals surface area contributed by atoms with Gasteiger partial charge in [0.25, 0.3) is 0 Å². The summed E-state index contributed by atoms with van der Waals surface area (Å²) >= 11 is 3.13. The molecule has 2 aromatic rings. The minimum Gasteiger partial charge on any atom is -0.388 e. The SMILES string of the molecule is CCc1cc(CC(O)c2ccc(F)c(Br)c2)n(C)n1. The van der Waals surface area contributed by atoms with E-state index >= 15 is 0 Å². The first-order chi connectivity index (χ1) is 9.01. The first-order valence-corrected chi connectivity index (χ1v) is 6.95. The smallest absolute Gasteiger partial charge is 0.137 e. The Morgan fingerprint density at radius 1 is 1.42 bits per heavy atom. The summed E-state index contributed by atoms with van der Waals surface area (Å²) < 4.78 is 15.3.